The molecule has 0 aliphatic rings. The fourth-order valence-corrected chi connectivity index (χ4v) is 0.372. The van der Waals surface area contributed by atoms with E-state index < -0.39 is 24.5 Å². The molecule has 0 atom stereocenters. The number of rotatable bonds is 4. The first-order valence-corrected chi connectivity index (χ1v) is 4.26. The van der Waals surface area contributed by atoms with Gasteiger partial charge in [0.25, 0.3) is 0 Å². The van der Waals surface area contributed by atoms with E-state index in [1.54, 1.807) is 0 Å². The maximum atomic E-state index is 10.6. The van der Waals surface area contributed by atoms with E-state index in [0.717, 1.165) is 12.2 Å². The zero-order valence-electron chi connectivity index (χ0n) is 9.65. The van der Waals surface area contributed by atoms with Gasteiger partial charge in [-0.15, -0.1) is 0 Å². The Morgan fingerprint density at radius 3 is 1.65 bits per heavy atom. The summed E-state index contributed by atoms with van der Waals surface area (Å²) in [7, 11) is 0. The van der Waals surface area contributed by atoms with Crippen LogP contribution in [0.4, 0.5) is 0 Å². The lowest BCUT2D eigenvalue weighted by atomic mass is 10.6. The molecule has 0 N–H and O–H groups in total. The van der Waals surface area contributed by atoms with Crippen molar-refractivity contribution >= 4 is 17.9 Å². The summed E-state index contributed by atoms with van der Waals surface area (Å²) in [6, 6.07) is 0. The molecule has 0 fully saturated rings. The standard InChI is InChI=1S/C8H8O5.2C2H4/c1-3-6(9)12-5-8(11)13-7(10)4-2;2*1-2/h3-4H,1-2,5H2;2*1-2H2. The van der Waals surface area contributed by atoms with E-state index in [1.165, 1.54) is 0 Å². The van der Waals surface area contributed by atoms with Gasteiger partial charge in [0.1, 0.15) is 0 Å². The highest BCUT2D eigenvalue weighted by atomic mass is 16.6. The molecule has 0 aliphatic heterocycles. The van der Waals surface area contributed by atoms with Gasteiger partial charge in [-0.25, -0.2) is 14.4 Å². The Kier molecular flexibility index (Phi) is 19.9. The Balaban J connectivity index is -0.000000439. The van der Waals surface area contributed by atoms with Gasteiger partial charge in [-0.05, 0) is 0 Å². The molecule has 0 aromatic carbocycles. The van der Waals surface area contributed by atoms with Crippen LogP contribution in [0.5, 0.6) is 0 Å². The first kappa shape index (κ1) is 20.5. The smallest absolute Gasteiger partial charge is 0.352 e. The van der Waals surface area contributed by atoms with Crippen LogP contribution in [-0.4, -0.2) is 24.5 Å². The number of carbonyl (C=O) groups is 3. The highest BCUT2D eigenvalue weighted by molar-refractivity contribution is 5.93. The number of esters is 3. The van der Waals surface area contributed by atoms with Gasteiger partial charge in [0.15, 0.2) is 6.61 Å². The molecule has 4 radical (unpaired) electrons. The van der Waals surface area contributed by atoms with E-state index in [0.29, 0.717) is 0 Å². The lowest BCUT2D eigenvalue weighted by Crippen LogP contribution is -2.17. The molecule has 0 aromatic heterocycles. The number of ether oxygens (including phenoxy) is 2. The van der Waals surface area contributed by atoms with Crippen molar-refractivity contribution in [2.45, 2.75) is 0 Å². The number of carbonyl (C=O) groups excluding carboxylic acids is 3. The minimum absolute atomic E-state index is 0.621. The van der Waals surface area contributed by atoms with Crippen molar-refractivity contribution < 1.29 is 23.9 Å². The first-order valence-electron chi connectivity index (χ1n) is 4.26. The van der Waals surface area contributed by atoms with E-state index in [-0.39, 0.29) is 0 Å². The average molecular weight is 240 g/mol. The molecule has 0 aromatic rings. The maximum absolute atomic E-state index is 10.6. The van der Waals surface area contributed by atoms with Gasteiger partial charge >= 0.3 is 17.9 Å². The van der Waals surface area contributed by atoms with Crippen LogP contribution in [0.2, 0.25) is 0 Å². The monoisotopic (exact) mass is 240 g/mol. The number of hydrogen-bond acceptors (Lipinski definition) is 5. The average Bonchev–Trinajstić information content (AvgIpc) is 2.40. The topological polar surface area (TPSA) is 69.7 Å². The predicted octanol–water partition coefficient (Wildman–Crippen LogP) is 1.28. The maximum Gasteiger partial charge on any atom is 0.352 e. The van der Waals surface area contributed by atoms with Crippen molar-refractivity contribution in [2.24, 2.45) is 0 Å². The molecular formula is C12H16O5. The Labute approximate surface area is 102 Å². The molecule has 5 nitrogen and oxygen atoms in total. The highest BCUT2D eigenvalue weighted by Gasteiger charge is 2.08. The molecule has 94 valence electrons. The molecule has 0 rings (SSSR count). The molecule has 0 amide bonds. The van der Waals surface area contributed by atoms with Gasteiger partial charge in [-0.3, -0.25) is 0 Å². The summed E-state index contributed by atoms with van der Waals surface area (Å²) < 4.78 is 8.37. The summed E-state index contributed by atoms with van der Waals surface area (Å²) in [4.78, 5) is 31.5. The summed E-state index contributed by atoms with van der Waals surface area (Å²) in [5.41, 5.74) is 0. The van der Waals surface area contributed by atoms with Crippen molar-refractivity contribution in [3.05, 3.63) is 53.0 Å². The predicted molar refractivity (Wildman–Crippen MR) is 63.9 cm³/mol. The molecule has 0 saturated heterocycles. The normalized spacial score (nSPS) is 7.06. The Morgan fingerprint density at radius 1 is 0.882 bits per heavy atom. The van der Waals surface area contributed by atoms with Crippen molar-refractivity contribution in [3.8, 4) is 0 Å². The quantitative estimate of drug-likeness (QED) is 0.420. The van der Waals surface area contributed by atoms with Gasteiger partial charge in [0.05, 0.1) is 0 Å². The van der Waals surface area contributed by atoms with E-state index in [4.69, 9.17) is 0 Å². The molecule has 0 heterocycles. The molecule has 5 heteroatoms. The van der Waals surface area contributed by atoms with Gasteiger partial charge < -0.3 is 9.47 Å². The third kappa shape index (κ3) is 16.7. The van der Waals surface area contributed by atoms with Crippen molar-refractivity contribution in [1.82, 2.24) is 0 Å². The second-order valence-corrected chi connectivity index (χ2v) is 1.81. The minimum Gasteiger partial charge on any atom is -0.451 e. The molecule has 0 unspecified atom stereocenters. The lowest BCUT2D eigenvalue weighted by Gasteiger charge is -1.99. The lowest BCUT2D eigenvalue weighted by molar-refractivity contribution is -0.163. The second-order valence-electron chi connectivity index (χ2n) is 1.81. The van der Waals surface area contributed by atoms with Crippen molar-refractivity contribution in [1.29, 1.82) is 0 Å². The van der Waals surface area contributed by atoms with Crippen LogP contribution in [0.1, 0.15) is 0 Å². The fourth-order valence-electron chi connectivity index (χ4n) is 0.372. The van der Waals surface area contributed by atoms with E-state index in [1.807, 2.05) is 0 Å². The van der Waals surface area contributed by atoms with Crippen LogP contribution in [0.15, 0.2) is 25.3 Å². The zero-order chi connectivity index (χ0) is 14.3. The van der Waals surface area contributed by atoms with E-state index in [9.17, 15) is 14.4 Å². The van der Waals surface area contributed by atoms with Crippen LogP contribution < -0.4 is 0 Å². The summed E-state index contributed by atoms with van der Waals surface area (Å²) in [5, 5.41) is 0. The molecule has 0 bridgehead atoms. The van der Waals surface area contributed by atoms with Crippen molar-refractivity contribution in [3.63, 3.8) is 0 Å². The minimum atomic E-state index is -0.958. The summed E-state index contributed by atoms with van der Waals surface area (Å²) in [6.45, 7) is 17.6. The molecular weight excluding hydrogens is 224 g/mol. The Bertz CT molecular complexity index is 256. The van der Waals surface area contributed by atoms with Crippen LogP contribution in [0.25, 0.3) is 0 Å². The van der Waals surface area contributed by atoms with Crippen LogP contribution in [0.3, 0.4) is 0 Å². The molecule has 0 spiro atoms. The third-order valence-electron chi connectivity index (χ3n) is 0.880. The Morgan fingerprint density at radius 2 is 1.29 bits per heavy atom. The fraction of sp³-hybridized carbons (Fsp3) is 0.0833. The molecule has 17 heavy (non-hydrogen) atoms. The zero-order valence-corrected chi connectivity index (χ0v) is 9.65. The van der Waals surface area contributed by atoms with Crippen molar-refractivity contribution in [2.75, 3.05) is 6.61 Å². The van der Waals surface area contributed by atoms with Gasteiger partial charge in [0, 0.05) is 12.2 Å². The van der Waals surface area contributed by atoms with Gasteiger partial charge in [-0.1, -0.05) is 40.9 Å². The van der Waals surface area contributed by atoms with Crippen LogP contribution >= 0.6 is 0 Å². The van der Waals surface area contributed by atoms with E-state index in [2.05, 4.69) is 50.3 Å². The second kappa shape index (κ2) is 16.5. The Hall–Kier alpha value is -1.91. The summed E-state index contributed by atoms with van der Waals surface area (Å²) in [6.07, 6.45) is 1.72. The van der Waals surface area contributed by atoms with Crippen LogP contribution in [0, 0.1) is 27.7 Å². The number of hydrogen-bond donors (Lipinski definition) is 0. The highest BCUT2D eigenvalue weighted by Crippen LogP contribution is 1.85. The van der Waals surface area contributed by atoms with Gasteiger partial charge in [0.2, 0.25) is 0 Å². The molecule has 0 aliphatic carbocycles. The summed E-state index contributed by atoms with van der Waals surface area (Å²) in [5.74, 6) is -2.61. The third-order valence-corrected chi connectivity index (χ3v) is 0.880. The largest absolute Gasteiger partial charge is 0.451 e. The van der Waals surface area contributed by atoms with Gasteiger partial charge in [-0.2, -0.15) is 0 Å². The summed E-state index contributed by atoms with van der Waals surface area (Å²) >= 11 is 0. The van der Waals surface area contributed by atoms with E-state index >= 15 is 0 Å². The molecule has 0 saturated carbocycles. The SMILES string of the molecule is C=CC(=O)OCC(=O)OC(=O)C=C.[CH2][CH2].[CH2][CH2]. The first-order chi connectivity index (χ1) is 8.10. The van der Waals surface area contributed by atoms with Crippen LogP contribution in [-0.2, 0) is 23.9 Å².